The summed E-state index contributed by atoms with van der Waals surface area (Å²) in [7, 11) is 1.51. The lowest BCUT2D eigenvalue weighted by Gasteiger charge is -2.25. The molecule has 0 spiro atoms. The molecule has 1 amide bonds. The van der Waals surface area contributed by atoms with Crippen molar-refractivity contribution < 1.29 is 23.8 Å². The Morgan fingerprint density at radius 3 is 2.62 bits per heavy atom. The number of ether oxygens (including phenoxy) is 1. The number of amides is 1. The molecular weight excluding hydrogens is 277 g/mol. The molecule has 1 aromatic carbocycles. The van der Waals surface area contributed by atoms with Crippen LogP contribution in [0.15, 0.2) is 24.3 Å². The van der Waals surface area contributed by atoms with Crippen molar-refractivity contribution in [2.24, 2.45) is 0 Å². The second-order valence-corrected chi connectivity index (χ2v) is 5.18. The number of carboxylic acids is 1. The summed E-state index contributed by atoms with van der Waals surface area (Å²) in [6.45, 7) is 3.81. The molecule has 0 aliphatic carbocycles. The molecule has 21 heavy (non-hydrogen) atoms. The Bertz CT molecular complexity index is 567. The molecular formula is C15H18FNO4. The van der Waals surface area contributed by atoms with Gasteiger partial charge in [0, 0.05) is 13.2 Å². The van der Waals surface area contributed by atoms with Gasteiger partial charge in [0.05, 0.1) is 17.7 Å². The van der Waals surface area contributed by atoms with Crippen LogP contribution in [0, 0.1) is 5.82 Å². The molecule has 0 aliphatic heterocycles. The quantitative estimate of drug-likeness (QED) is 0.788. The van der Waals surface area contributed by atoms with E-state index in [1.54, 1.807) is 13.8 Å². The molecule has 0 heterocycles. The molecule has 0 radical (unpaired) electrons. The van der Waals surface area contributed by atoms with Gasteiger partial charge in [0.25, 0.3) is 5.91 Å². The second-order valence-electron chi connectivity index (χ2n) is 5.18. The number of hydrogen-bond acceptors (Lipinski definition) is 3. The Balaban J connectivity index is 2.89. The van der Waals surface area contributed by atoms with Crippen molar-refractivity contribution in [3.05, 3.63) is 41.2 Å². The molecule has 0 unspecified atom stereocenters. The van der Waals surface area contributed by atoms with Crippen molar-refractivity contribution in [1.29, 1.82) is 0 Å². The van der Waals surface area contributed by atoms with Gasteiger partial charge in [0.2, 0.25) is 0 Å². The second kappa shape index (κ2) is 6.99. The Labute approximate surface area is 122 Å². The number of carboxylic acid groups (broad SMARTS) is 1. The molecule has 1 aromatic rings. The topological polar surface area (TPSA) is 75.6 Å². The van der Waals surface area contributed by atoms with E-state index in [1.807, 2.05) is 0 Å². The summed E-state index contributed by atoms with van der Waals surface area (Å²) in [6, 6.07) is 3.90. The van der Waals surface area contributed by atoms with Gasteiger partial charge in [-0.1, -0.05) is 6.07 Å². The lowest BCUT2D eigenvalue weighted by molar-refractivity contribution is -0.131. The van der Waals surface area contributed by atoms with Gasteiger partial charge >= 0.3 is 5.97 Å². The predicted molar refractivity (Wildman–Crippen MR) is 76.5 cm³/mol. The Morgan fingerprint density at radius 1 is 1.43 bits per heavy atom. The SMILES string of the molecule is COCC(C)(C)NC(=O)c1ccc(/C=C/C(=O)O)cc1F. The molecule has 0 saturated carbocycles. The van der Waals surface area contributed by atoms with Crippen LogP contribution in [-0.4, -0.2) is 36.2 Å². The fourth-order valence-electron chi connectivity index (χ4n) is 1.76. The first-order chi connectivity index (χ1) is 9.75. The molecule has 0 fully saturated rings. The van der Waals surface area contributed by atoms with Crippen LogP contribution in [-0.2, 0) is 9.53 Å². The van der Waals surface area contributed by atoms with Gasteiger partial charge in [0.15, 0.2) is 0 Å². The van der Waals surface area contributed by atoms with Crippen molar-refractivity contribution in [2.75, 3.05) is 13.7 Å². The standard InChI is InChI=1S/C15H18FNO4/c1-15(2,9-21-3)17-14(20)11-6-4-10(8-12(11)16)5-7-13(18)19/h4-8H,9H2,1-3H3,(H,17,20)(H,18,19)/b7-5+. The molecule has 5 nitrogen and oxygen atoms in total. The molecule has 114 valence electrons. The molecule has 1 rings (SSSR count). The van der Waals surface area contributed by atoms with Crippen LogP contribution in [0.25, 0.3) is 6.08 Å². The molecule has 0 aromatic heterocycles. The number of carbonyl (C=O) groups is 2. The molecule has 0 bridgehead atoms. The van der Waals surface area contributed by atoms with E-state index in [9.17, 15) is 14.0 Å². The minimum absolute atomic E-state index is 0.105. The summed E-state index contributed by atoms with van der Waals surface area (Å²) >= 11 is 0. The number of benzene rings is 1. The maximum atomic E-state index is 13.9. The Kier molecular flexibility index (Phi) is 5.60. The van der Waals surface area contributed by atoms with Crippen LogP contribution in [0.5, 0.6) is 0 Å². The first kappa shape index (κ1) is 16.8. The maximum Gasteiger partial charge on any atom is 0.328 e. The summed E-state index contributed by atoms with van der Waals surface area (Å²) in [5.41, 5.74) is -0.366. The predicted octanol–water partition coefficient (Wildman–Crippen LogP) is 2.08. The number of aliphatic carboxylic acids is 1. The van der Waals surface area contributed by atoms with Crippen molar-refractivity contribution in [1.82, 2.24) is 5.32 Å². The van der Waals surface area contributed by atoms with E-state index >= 15 is 0 Å². The zero-order chi connectivity index (χ0) is 16.0. The zero-order valence-corrected chi connectivity index (χ0v) is 12.1. The van der Waals surface area contributed by atoms with Crippen molar-refractivity contribution in [2.45, 2.75) is 19.4 Å². The van der Waals surface area contributed by atoms with E-state index in [-0.39, 0.29) is 5.56 Å². The summed E-state index contributed by atoms with van der Waals surface area (Å²) in [5, 5.41) is 11.2. The number of methoxy groups -OCH3 is 1. The van der Waals surface area contributed by atoms with E-state index in [0.29, 0.717) is 12.2 Å². The van der Waals surface area contributed by atoms with Gasteiger partial charge in [0.1, 0.15) is 5.82 Å². The highest BCUT2D eigenvalue weighted by Crippen LogP contribution is 2.13. The Morgan fingerprint density at radius 2 is 2.10 bits per heavy atom. The van der Waals surface area contributed by atoms with Gasteiger partial charge < -0.3 is 15.2 Å². The smallest absolute Gasteiger partial charge is 0.328 e. The van der Waals surface area contributed by atoms with Crippen molar-refractivity contribution in [3.63, 3.8) is 0 Å². The number of rotatable bonds is 6. The molecule has 0 saturated heterocycles. The van der Waals surface area contributed by atoms with Crippen LogP contribution in [0.2, 0.25) is 0 Å². The normalized spacial score (nSPS) is 11.6. The van der Waals surface area contributed by atoms with Crippen LogP contribution >= 0.6 is 0 Å². The number of carbonyl (C=O) groups excluding carboxylic acids is 1. The minimum atomic E-state index is -1.13. The lowest BCUT2D eigenvalue weighted by atomic mass is 10.0. The fourth-order valence-corrected chi connectivity index (χ4v) is 1.76. The highest BCUT2D eigenvalue weighted by Gasteiger charge is 2.22. The van der Waals surface area contributed by atoms with Crippen LogP contribution in [0.4, 0.5) is 4.39 Å². The number of nitrogens with one attached hydrogen (secondary N) is 1. The van der Waals surface area contributed by atoms with Crippen molar-refractivity contribution in [3.8, 4) is 0 Å². The third-order valence-electron chi connectivity index (χ3n) is 2.61. The van der Waals surface area contributed by atoms with E-state index in [4.69, 9.17) is 9.84 Å². The highest BCUT2D eigenvalue weighted by atomic mass is 19.1. The number of halogens is 1. The third-order valence-corrected chi connectivity index (χ3v) is 2.61. The van der Waals surface area contributed by atoms with Gasteiger partial charge in [-0.05, 0) is 37.6 Å². The molecule has 2 N–H and O–H groups in total. The lowest BCUT2D eigenvalue weighted by Crippen LogP contribution is -2.47. The minimum Gasteiger partial charge on any atom is -0.478 e. The molecule has 6 heteroatoms. The average molecular weight is 295 g/mol. The fraction of sp³-hybridized carbons (Fsp3) is 0.333. The maximum absolute atomic E-state index is 13.9. The first-order valence-electron chi connectivity index (χ1n) is 6.27. The monoisotopic (exact) mass is 295 g/mol. The van der Waals surface area contributed by atoms with E-state index in [2.05, 4.69) is 5.32 Å². The summed E-state index contributed by atoms with van der Waals surface area (Å²) in [5.74, 6) is -2.39. The zero-order valence-electron chi connectivity index (χ0n) is 12.1. The van der Waals surface area contributed by atoms with Crippen molar-refractivity contribution >= 4 is 18.0 Å². The van der Waals surface area contributed by atoms with Crippen LogP contribution in [0.3, 0.4) is 0 Å². The van der Waals surface area contributed by atoms with E-state index in [0.717, 1.165) is 12.1 Å². The third kappa shape index (κ3) is 5.35. The highest BCUT2D eigenvalue weighted by molar-refractivity contribution is 5.95. The summed E-state index contributed by atoms with van der Waals surface area (Å²) < 4.78 is 18.9. The van der Waals surface area contributed by atoms with E-state index < -0.39 is 23.2 Å². The first-order valence-corrected chi connectivity index (χ1v) is 6.27. The van der Waals surface area contributed by atoms with Gasteiger partial charge in [-0.3, -0.25) is 4.79 Å². The largest absolute Gasteiger partial charge is 0.478 e. The van der Waals surface area contributed by atoms with Crippen LogP contribution in [0.1, 0.15) is 29.8 Å². The molecule has 0 atom stereocenters. The summed E-state index contributed by atoms with van der Waals surface area (Å²) in [6.07, 6.45) is 2.15. The average Bonchev–Trinajstić information content (AvgIpc) is 2.35. The van der Waals surface area contributed by atoms with Crippen LogP contribution < -0.4 is 5.32 Å². The molecule has 0 aliphatic rings. The van der Waals surface area contributed by atoms with Gasteiger partial charge in [-0.15, -0.1) is 0 Å². The summed E-state index contributed by atoms with van der Waals surface area (Å²) in [4.78, 5) is 22.4. The van der Waals surface area contributed by atoms with Gasteiger partial charge in [-0.25, -0.2) is 9.18 Å². The Hall–Kier alpha value is -2.21. The number of hydrogen-bond donors (Lipinski definition) is 2. The van der Waals surface area contributed by atoms with Gasteiger partial charge in [-0.2, -0.15) is 0 Å². The van der Waals surface area contributed by atoms with E-state index in [1.165, 1.54) is 25.3 Å².